The van der Waals surface area contributed by atoms with Crippen LogP contribution in [-0.4, -0.2) is 18.5 Å². The van der Waals surface area contributed by atoms with E-state index in [0.717, 1.165) is 0 Å². The van der Waals surface area contributed by atoms with Crippen molar-refractivity contribution in [1.82, 2.24) is 0 Å². The summed E-state index contributed by atoms with van der Waals surface area (Å²) in [5, 5.41) is 0. The Balaban J connectivity index is 4.25. The zero-order valence-electron chi connectivity index (χ0n) is 5.49. The molecule has 0 fully saturated rings. The van der Waals surface area contributed by atoms with Gasteiger partial charge in [0, 0.05) is 0 Å². The van der Waals surface area contributed by atoms with Gasteiger partial charge in [-0.05, 0) is 0 Å². The highest BCUT2D eigenvalue weighted by atomic mass is 19.3. The van der Waals surface area contributed by atoms with Gasteiger partial charge in [0.25, 0.3) is 0 Å². The molecule has 0 N–H and O–H groups in total. The second kappa shape index (κ2) is 3.51. The van der Waals surface area contributed by atoms with E-state index in [-0.39, 0.29) is 0 Å². The maximum atomic E-state index is 11.8. The smallest absolute Gasteiger partial charge is 0.391 e. The second-order valence-electron chi connectivity index (χ2n) is 1.66. The summed E-state index contributed by atoms with van der Waals surface area (Å²) in [6.07, 6.45) is -9.17. The van der Waals surface area contributed by atoms with Crippen molar-refractivity contribution in [2.45, 2.75) is 12.5 Å². The zero-order valence-corrected chi connectivity index (χ0v) is 5.49. The lowest BCUT2D eigenvalue weighted by molar-refractivity contribution is -0.283. The number of hydrogen-bond donors (Lipinski definition) is 0. The summed E-state index contributed by atoms with van der Waals surface area (Å²) in [7, 11) is 0. The van der Waals surface area contributed by atoms with Gasteiger partial charge in [0.15, 0.2) is 0 Å². The fourth-order valence-electron chi connectivity index (χ4n) is 0.224. The number of halogens is 5. The minimum atomic E-state index is -4.98. The topological polar surface area (TPSA) is 26.3 Å². The van der Waals surface area contributed by atoms with Crippen molar-refractivity contribution in [3.8, 4) is 0 Å². The van der Waals surface area contributed by atoms with Crippen molar-refractivity contribution >= 4 is 5.97 Å². The molecule has 0 spiro atoms. The van der Waals surface area contributed by atoms with Gasteiger partial charge in [-0.15, -0.1) is 0 Å². The van der Waals surface area contributed by atoms with Crippen LogP contribution in [0.2, 0.25) is 0 Å². The van der Waals surface area contributed by atoms with Crippen molar-refractivity contribution in [3.63, 3.8) is 0 Å². The van der Waals surface area contributed by atoms with Crippen molar-refractivity contribution < 1.29 is 31.5 Å². The minimum absolute atomic E-state index is 1.87. The standard InChI is InChI=1S/C5H3F5O2/c1-2(6)3(11)12-5(9,10)4(7)8/h4H,1H2. The molecule has 0 aromatic carbocycles. The summed E-state index contributed by atoms with van der Waals surface area (Å²) in [6, 6.07) is 0. The molecule has 0 saturated heterocycles. The lowest BCUT2D eigenvalue weighted by Crippen LogP contribution is -2.32. The van der Waals surface area contributed by atoms with E-state index in [9.17, 15) is 26.7 Å². The molecule has 70 valence electrons. The highest BCUT2D eigenvalue weighted by Gasteiger charge is 2.46. The van der Waals surface area contributed by atoms with Gasteiger partial charge in [-0.3, -0.25) is 0 Å². The summed E-state index contributed by atoms with van der Waals surface area (Å²) in [5.74, 6) is -4.07. The first-order chi connectivity index (χ1) is 5.27. The molecule has 0 saturated carbocycles. The van der Waals surface area contributed by atoms with Gasteiger partial charge in [-0.1, -0.05) is 6.58 Å². The molecule has 0 amide bonds. The fraction of sp³-hybridized carbons (Fsp3) is 0.400. The number of hydrogen-bond acceptors (Lipinski definition) is 2. The molecule has 0 atom stereocenters. The van der Waals surface area contributed by atoms with E-state index >= 15 is 0 Å². The van der Waals surface area contributed by atoms with Crippen LogP contribution in [0.5, 0.6) is 0 Å². The Labute approximate surface area is 63.6 Å². The largest absolute Gasteiger partial charge is 0.463 e. The summed E-state index contributed by atoms with van der Waals surface area (Å²) in [5.41, 5.74) is 0. The Morgan fingerprint density at radius 3 is 2.08 bits per heavy atom. The van der Waals surface area contributed by atoms with Gasteiger partial charge in [0.1, 0.15) is 0 Å². The molecule has 0 aromatic rings. The Hall–Kier alpha value is -1.14. The van der Waals surface area contributed by atoms with Crippen LogP contribution < -0.4 is 0 Å². The van der Waals surface area contributed by atoms with E-state index in [1.54, 1.807) is 0 Å². The van der Waals surface area contributed by atoms with Crippen molar-refractivity contribution in [3.05, 3.63) is 12.4 Å². The van der Waals surface area contributed by atoms with Crippen LogP contribution in [0.25, 0.3) is 0 Å². The third-order valence-electron chi connectivity index (χ3n) is 0.704. The van der Waals surface area contributed by atoms with E-state index < -0.39 is 24.3 Å². The third-order valence-corrected chi connectivity index (χ3v) is 0.704. The van der Waals surface area contributed by atoms with Crippen LogP contribution in [0.3, 0.4) is 0 Å². The molecular weight excluding hydrogens is 187 g/mol. The number of esters is 1. The predicted octanol–water partition coefficient (Wildman–Crippen LogP) is 1.87. The molecule has 0 aliphatic rings. The van der Waals surface area contributed by atoms with Crippen LogP contribution in [0.15, 0.2) is 12.4 Å². The van der Waals surface area contributed by atoms with Crippen LogP contribution in [0, 0.1) is 0 Å². The zero-order chi connectivity index (χ0) is 9.94. The van der Waals surface area contributed by atoms with E-state index in [1.165, 1.54) is 0 Å². The SMILES string of the molecule is C=C(F)C(=O)OC(F)(F)C(F)F. The molecule has 0 bridgehead atoms. The number of rotatable bonds is 3. The maximum Gasteiger partial charge on any atom is 0.463 e. The molecule has 0 rings (SSSR count). The lowest BCUT2D eigenvalue weighted by Gasteiger charge is -2.13. The van der Waals surface area contributed by atoms with Gasteiger partial charge >= 0.3 is 18.5 Å². The highest BCUT2D eigenvalue weighted by Crippen LogP contribution is 2.25. The third kappa shape index (κ3) is 2.85. The van der Waals surface area contributed by atoms with Crippen molar-refractivity contribution in [1.29, 1.82) is 0 Å². The maximum absolute atomic E-state index is 11.8. The summed E-state index contributed by atoms with van der Waals surface area (Å²) in [4.78, 5) is 9.95. The summed E-state index contributed by atoms with van der Waals surface area (Å²) >= 11 is 0. The number of carbonyl (C=O) groups excluding carboxylic acids is 1. The average molecular weight is 190 g/mol. The van der Waals surface area contributed by atoms with Crippen LogP contribution in [0.4, 0.5) is 22.0 Å². The van der Waals surface area contributed by atoms with Crippen LogP contribution in [-0.2, 0) is 9.53 Å². The highest BCUT2D eigenvalue weighted by molar-refractivity contribution is 5.85. The van der Waals surface area contributed by atoms with Crippen LogP contribution in [0.1, 0.15) is 0 Å². The Kier molecular flexibility index (Phi) is 3.17. The number of carbonyl (C=O) groups is 1. The Morgan fingerprint density at radius 2 is 1.83 bits per heavy atom. The Morgan fingerprint density at radius 1 is 1.42 bits per heavy atom. The van der Waals surface area contributed by atoms with E-state index in [4.69, 9.17) is 0 Å². The lowest BCUT2D eigenvalue weighted by atomic mass is 10.6. The number of alkyl halides is 4. The molecule has 0 aliphatic carbocycles. The second-order valence-corrected chi connectivity index (χ2v) is 1.66. The molecule has 0 unspecified atom stereocenters. The van der Waals surface area contributed by atoms with Crippen molar-refractivity contribution in [2.24, 2.45) is 0 Å². The van der Waals surface area contributed by atoms with E-state index in [1.807, 2.05) is 0 Å². The van der Waals surface area contributed by atoms with Gasteiger partial charge in [0.05, 0.1) is 0 Å². The Bertz CT molecular complexity index is 200. The molecule has 2 nitrogen and oxygen atoms in total. The molecular formula is C5H3F5O2. The molecule has 0 aliphatic heterocycles. The van der Waals surface area contributed by atoms with Gasteiger partial charge < -0.3 is 4.74 Å². The molecule has 12 heavy (non-hydrogen) atoms. The molecule has 0 heterocycles. The first kappa shape index (κ1) is 10.9. The van der Waals surface area contributed by atoms with E-state index in [0.29, 0.717) is 0 Å². The number of ether oxygens (including phenoxy) is 1. The van der Waals surface area contributed by atoms with Crippen LogP contribution >= 0.6 is 0 Å². The van der Waals surface area contributed by atoms with Gasteiger partial charge in [0.2, 0.25) is 5.83 Å². The fourth-order valence-corrected chi connectivity index (χ4v) is 0.224. The quantitative estimate of drug-likeness (QED) is 0.385. The normalized spacial score (nSPS) is 11.5. The van der Waals surface area contributed by atoms with Gasteiger partial charge in [-0.2, -0.15) is 22.0 Å². The average Bonchev–Trinajstić information content (AvgIpc) is 1.85. The van der Waals surface area contributed by atoms with E-state index in [2.05, 4.69) is 11.3 Å². The first-order valence-corrected chi connectivity index (χ1v) is 2.51. The molecule has 0 radical (unpaired) electrons. The van der Waals surface area contributed by atoms with Gasteiger partial charge in [-0.25, -0.2) is 4.79 Å². The first-order valence-electron chi connectivity index (χ1n) is 2.51. The molecule has 7 heteroatoms. The summed E-state index contributed by atoms with van der Waals surface area (Å²) < 4.78 is 60.4. The monoisotopic (exact) mass is 190 g/mol. The predicted molar refractivity (Wildman–Crippen MR) is 27.3 cm³/mol. The minimum Gasteiger partial charge on any atom is -0.391 e. The molecule has 0 aromatic heterocycles. The summed E-state index contributed by atoms with van der Waals surface area (Å²) in [6.45, 7) is 2.28. The van der Waals surface area contributed by atoms with Crippen molar-refractivity contribution in [2.75, 3.05) is 0 Å².